The van der Waals surface area contributed by atoms with Gasteiger partial charge in [0.05, 0.1) is 18.1 Å². The fourth-order valence-corrected chi connectivity index (χ4v) is 2.87. The number of aliphatic carboxylic acids is 1. The van der Waals surface area contributed by atoms with E-state index in [0.717, 1.165) is 0 Å². The number of carbonyl (C=O) groups excluding carboxylic acids is 1. The van der Waals surface area contributed by atoms with Crippen molar-refractivity contribution in [3.05, 3.63) is 23.9 Å². The van der Waals surface area contributed by atoms with Crippen molar-refractivity contribution in [2.45, 2.75) is 26.0 Å². The lowest BCUT2D eigenvalue weighted by atomic mass is 9.78. The Morgan fingerprint density at radius 2 is 2.18 bits per heavy atom. The van der Waals surface area contributed by atoms with E-state index < -0.39 is 18.0 Å². The number of hydrogen-bond acceptors (Lipinski definition) is 3. The average molecular weight is 237 g/mol. The second kappa shape index (κ2) is 3.70. The number of carbonyl (C=O) groups is 2. The minimum Gasteiger partial charge on any atom is -0.477 e. The zero-order valence-corrected chi connectivity index (χ0v) is 9.75. The Morgan fingerprint density at radius 3 is 2.59 bits per heavy atom. The molecule has 1 amide bonds. The van der Waals surface area contributed by atoms with Gasteiger partial charge in [-0.3, -0.25) is 4.79 Å². The monoisotopic (exact) mass is 237 g/mol. The Hall–Kier alpha value is -1.62. The van der Waals surface area contributed by atoms with Gasteiger partial charge in [-0.1, -0.05) is 19.6 Å². The number of amides is 1. The molecule has 4 atom stereocenters. The fourth-order valence-electron chi connectivity index (χ4n) is 2.87. The molecule has 2 heterocycles. The Bertz CT molecular complexity index is 438. The number of carboxylic acid groups (broad SMARTS) is 1. The van der Waals surface area contributed by atoms with Gasteiger partial charge in [-0.25, -0.2) is 4.79 Å². The van der Waals surface area contributed by atoms with E-state index in [0.29, 0.717) is 5.57 Å². The molecular formula is C12H15NO4. The van der Waals surface area contributed by atoms with E-state index in [-0.39, 0.29) is 23.6 Å². The molecule has 0 radical (unpaired) electrons. The molecule has 2 N–H and O–H groups in total. The van der Waals surface area contributed by atoms with E-state index >= 15 is 0 Å². The largest absolute Gasteiger partial charge is 0.477 e. The van der Waals surface area contributed by atoms with Crippen molar-refractivity contribution in [2.24, 2.45) is 11.8 Å². The number of rotatable bonds is 3. The van der Waals surface area contributed by atoms with Crippen molar-refractivity contribution in [2.75, 3.05) is 0 Å². The lowest BCUT2D eigenvalue weighted by Crippen LogP contribution is -2.63. The SMILES string of the molecule is C=CC1=C(C(=O)O)N2C(=O)[C@H]([C@@H](C)O)[C@H]2[C@H]1C. The van der Waals surface area contributed by atoms with Crippen LogP contribution >= 0.6 is 0 Å². The van der Waals surface area contributed by atoms with Gasteiger partial charge in [0.1, 0.15) is 5.70 Å². The van der Waals surface area contributed by atoms with Gasteiger partial charge in [0.15, 0.2) is 0 Å². The summed E-state index contributed by atoms with van der Waals surface area (Å²) < 4.78 is 0. The summed E-state index contributed by atoms with van der Waals surface area (Å²) in [6.45, 7) is 7.00. The van der Waals surface area contributed by atoms with Crippen LogP contribution in [0.3, 0.4) is 0 Å². The Labute approximate surface area is 99.0 Å². The minimum absolute atomic E-state index is 0.0133. The van der Waals surface area contributed by atoms with Crippen molar-refractivity contribution in [3.8, 4) is 0 Å². The number of nitrogens with zero attached hydrogens (tertiary/aromatic N) is 1. The Morgan fingerprint density at radius 1 is 1.59 bits per heavy atom. The van der Waals surface area contributed by atoms with Gasteiger partial charge in [-0.2, -0.15) is 0 Å². The zero-order valence-electron chi connectivity index (χ0n) is 9.75. The third kappa shape index (κ3) is 1.35. The number of hydrogen-bond donors (Lipinski definition) is 2. The molecule has 0 aromatic carbocycles. The molecule has 92 valence electrons. The molecule has 0 saturated carbocycles. The van der Waals surface area contributed by atoms with E-state index in [1.165, 1.54) is 11.0 Å². The van der Waals surface area contributed by atoms with Crippen LogP contribution in [0.1, 0.15) is 13.8 Å². The first-order valence-corrected chi connectivity index (χ1v) is 5.52. The predicted octanol–water partition coefficient (Wildman–Crippen LogP) is 0.369. The highest BCUT2D eigenvalue weighted by Gasteiger charge is 2.59. The first-order valence-electron chi connectivity index (χ1n) is 5.52. The molecule has 5 nitrogen and oxygen atoms in total. The normalized spacial score (nSPS) is 33.2. The van der Waals surface area contributed by atoms with Crippen LogP contribution in [0, 0.1) is 11.8 Å². The first-order chi connectivity index (χ1) is 7.91. The lowest BCUT2D eigenvalue weighted by molar-refractivity contribution is -0.163. The standard InChI is InChI=1S/C12H15NO4/c1-4-7-5(2)9-8(6(3)14)11(15)13(9)10(7)12(16)17/h4-6,8-9,14H,1H2,2-3H3,(H,16,17)/t5-,6+,8+,9+/m0/s1. The summed E-state index contributed by atoms with van der Waals surface area (Å²) >= 11 is 0. The van der Waals surface area contributed by atoms with E-state index in [2.05, 4.69) is 6.58 Å². The number of β-lactam (4-membered cyclic amide) rings is 1. The quantitative estimate of drug-likeness (QED) is 0.695. The summed E-state index contributed by atoms with van der Waals surface area (Å²) in [6.07, 6.45) is 0.726. The number of fused-ring (bicyclic) bond motifs is 1. The van der Waals surface area contributed by atoms with Crippen LogP contribution < -0.4 is 0 Å². The van der Waals surface area contributed by atoms with E-state index in [1.807, 2.05) is 6.92 Å². The summed E-state index contributed by atoms with van der Waals surface area (Å²) in [5, 5.41) is 18.7. The van der Waals surface area contributed by atoms with Crippen molar-refractivity contribution < 1.29 is 19.8 Å². The maximum absolute atomic E-state index is 11.8. The molecule has 0 unspecified atom stereocenters. The van der Waals surface area contributed by atoms with Crippen LogP contribution in [0.25, 0.3) is 0 Å². The molecule has 2 rings (SSSR count). The Kier molecular flexibility index (Phi) is 2.58. The van der Waals surface area contributed by atoms with Crippen LogP contribution in [-0.2, 0) is 9.59 Å². The van der Waals surface area contributed by atoms with Gasteiger partial charge in [0, 0.05) is 5.92 Å². The smallest absolute Gasteiger partial charge is 0.352 e. The highest BCUT2D eigenvalue weighted by atomic mass is 16.4. The third-order valence-corrected chi connectivity index (χ3v) is 3.65. The van der Waals surface area contributed by atoms with Gasteiger partial charge in [-0.05, 0) is 12.5 Å². The molecule has 0 aromatic rings. The summed E-state index contributed by atoms with van der Waals surface area (Å²) in [7, 11) is 0. The average Bonchev–Trinajstić information content (AvgIpc) is 2.47. The maximum Gasteiger partial charge on any atom is 0.352 e. The highest BCUT2D eigenvalue weighted by Crippen LogP contribution is 2.47. The zero-order chi connectivity index (χ0) is 12.9. The van der Waals surface area contributed by atoms with Gasteiger partial charge in [0.2, 0.25) is 5.91 Å². The van der Waals surface area contributed by atoms with Gasteiger partial charge < -0.3 is 15.1 Å². The number of aliphatic hydroxyl groups excluding tert-OH is 1. The summed E-state index contributed by atoms with van der Waals surface area (Å²) in [4.78, 5) is 24.3. The van der Waals surface area contributed by atoms with Crippen molar-refractivity contribution >= 4 is 11.9 Å². The molecule has 0 bridgehead atoms. The van der Waals surface area contributed by atoms with Crippen LogP contribution in [0.2, 0.25) is 0 Å². The summed E-state index contributed by atoms with van der Waals surface area (Å²) in [6, 6.07) is -0.249. The molecular weight excluding hydrogens is 222 g/mol. The topological polar surface area (TPSA) is 77.8 Å². The van der Waals surface area contributed by atoms with Gasteiger partial charge >= 0.3 is 5.97 Å². The molecule has 1 fully saturated rings. The van der Waals surface area contributed by atoms with Gasteiger partial charge in [0.25, 0.3) is 0 Å². The molecule has 0 aliphatic carbocycles. The molecule has 2 aliphatic rings. The number of aliphatic hydroxyl groups is 1. The van der Waals surface area contributed by atoms with Gasteiger partial charge in [-0.15, -0.1) is 0 Å². The van der Waals surface area contributed by atoms with Crippen LogP contribution in [-0.4, -0.2) is 39.1 Å². The van der Waals surface area contributed by atoms with E-state index in [9.17, 15) is 14.7 Å². The molecule has 5 heteroatoms. The molecule has 0 spiro atoms. The predicted molar refractivity (Wildman–Crippen MR) is 59.8 cm³/mol. The number of allylic oxidation sites excluding steroid dienone is 1. The highest BCUT2D eigenvalue weighted by molar-refractivity contribution is 6.00. The third-order valence-electron chi connectivity index (χ3n) is 3.65. The molecule has 1 saturated heterocycles. The lowest BCUT2D eigenvalue weighted by Gasteiger charge is -2.46. The van der Waals surface area contributed by atoms with Crippen LogP contribution in [0.4, 0.5) is 0 Å². The molecule has 2 aliphatic heterocycles. The summed E-state index contributed by atoms with van der Waals surface area (Å²) in [5.74, 6) is -2.04. The van der Waals surface area contributed by atoms with Crippen molar-refractivity contribution in [3.63, 3.8) is 0 Å². The minimum atomic E-state index is -1.12. The molecule has 17 heavy (non-hydrogen) atoms. The maximum atomic E-state index is 11.8. The molecule has 0 aromatic heterocycles. The van der Waals surface area contributed by atoms with E-state index in [1.54, 1.807) is 6.92 Å². The second-order valence-electron chi connectivity index (χ2n) is 4.57. The van der Waals surface area contributed by atoms with Crippen molar-refractivity contribution in [1.82, 2.24) is 4.90 Å². The number of carboxylic acids is 1. The second-order valence-corrected chi connectivity index (χ2v) is 4.57. The fraction of sp³-hybridized carbons (Fsp3) is 0.500. The van der Waals surface area contributed by atoms with Crippen molar-refractivity contribution in [1.29, 1.82) is 0 Å². The van der Waals surface area contributed by atoms with Crippen LogP contribution in [0.15, 0.2) is 23.9 Å². The first kappa shape index (κ1) is 11.9. The summed E-state index contributed by atoms with van der Waals surface area (Å²) in [5.41, 5.74) is 0.582. The van der Waals surface area contributed by atoms with E-state index in [4.69, 9.17) is 5.11 Å². The van der Waals surface area contributed by atoms with Crippen LogP contribution in [0.5, 0.6) is 0 Å². The Balaban J connectivity index is 2.42.